The van der Waals surface area contributed by atoms with Crippen LogP contribution in [0.25, 0.3) is 0 Å². The molecule has 12 heavy (non-hydrogen) atoms. The van der Waals surface area contributed by atoms with Crippen LogP contribution in [0.2, 0.25) is 0 Å². The summed E-state index contributed by atoms with van der Waals surface area (Å²) in [6.45, 7) is 4.35. The second-order valence-corrected chi connectivity index (χ2v) is 4.68. The van der Waals surface area contributed by atoms with E-state index < -0.39 is 0 Å². The van der Waals surface area contributed by atoms with Crippen molar-refractivity contribution in [1.29, 1.82) is 0 Å². The number of aromatic amines is 1. The van der Waals surface area contributed by atoms with E-state index in [0.29, 0.717) is 11.1 Å². The quantitative estimate of drug-likeness (QED) is 0.765. The Kier molecular flexibility index (Phi) is 3.95. The van der Waals surface area contributed by atoms with E-state index in [1.54, 1.807) is 6.20 Å². The molecule has 0 unspecified atom stereocenters. The molecule has 0 bridgehead atoms. The monoisotopic (exact) mass is 204 g/mol. The highest BCUT2D eigenvalue weighted by molar-refractivity contribution is 7.99. The van der Waals surface area contributed by atoms with Crippen molar-refractivity contribution >= 4 is 23.4 Å². The van der Waals surface area contributed by atoms with Crippen molar-refractivity contribution in [3.8, 4) is 0 Å². The molecule has 0 radical (unpaired) electrons. The van der Waals surface area contributed by atoms with Gasteiger partial charge in [-0.3, -0.25) is 0 Å². The van der Waals surface area contributed by atoms with Gasteiger partial charge < -0.3 is 4.98 Å². The molecular formula is C8H13ClN2S. The fourth-order valence-electron chi connectivity index (χ4n) is 0.793. The number of H-pyrrole nitrogens is 1. The number of thioether (sulfide) groups is 1. The van der Waals surface area contributed by atoms with Gasteiger partial charge in [-0.05, 0) is 5.25 Å². The van der Waals surface area contributed by atoms with Crippen LogP contribution in [-0.2, 0) is 11.6 Å². The average molecular weight is 205 g/mol. The summed E-state index contributed by atoms with van der Waals surface area (Å²) in [4.78, 5) is 7.35. The molecule has 0 aliphatic rings. The Morgan fingerprint density at radius 2 is 2.42 bits per heavy atom. The molecule has 0 aliphatic heterocycles. The predicted molar refractivity (Wildman–Crippen MR) is 54.6 cm³/mol. The van der Waals surface area contributed by atoms with Crippen LogP contribution in [0.4, 0.5) is 0 Å². The molecular weight excluding hydrogens is 192 g/mol. The minimum atomic E-state index is 0.513. The Morgan fingerprint density at radius 3 is 2.92 bits per heavy atom. The third-order valence-corrected chi connectivity index (χ3v) is 2.77. The molecule has 68 valence electrons. The molecule has 0 aliphatic carbocycles. The lowest BCUT2D eigenvalue weighted by Crippen LogP contribution is -1.90. The zero-order valence-corrected chi connectivity index (χ0v) is 8.87. The standard InChI is InChI=1S/C8H13ClN2S/c1-6(2)12-5-8-10-4-7(3-9)11-8/h4,6H,3,5H2,1-2H3,(H,10,11). The van der Waals surface area contributed by atoms with Gasteiger partial charge in [0, 0.05) is 11.9 Å². The Balaban J connectivity index is 2.41. The number of hydrogen-bond acceptors (Lipinski definition) is 2. The smallest absolute Gasteiger partial charge is 0.116 e. The van der Waals surface area contributed by atoms with E-state index in [9.17, 15) is 0 Å². The second-order valence-electron chi connectivity index (χ2n) is 2.85. The van der Waals surface area contributed by atoms with E-state index in [1.165, 1.54) is 0 Å². The lowest BCUT2D eigenvalue weighted by atomic mass is 10.6. The molecule has 1 rings (SSSR count). The van der Waals surface area contributed by atoms with Crippen LogP contribution in [0, 0.1) is 0 Å². The summed E-state index contributed by atoms with van der Waals surface area (Å²) in [6.07, 6.45) is 1.79. The van der Waals surface area contributed by atoms with E-state index in [4.69, 9.17) is 11.6 Å². The molecule has 0 saturated heterocycles. The van der Waals surface area contributed by atoms with Gasteiger partial charge in [0.05, 0.1) is 11.6 Å². The zero-order chi connectivity index (χ0) is 8.97. The summed E-state index contributed by atoms with van der Waals surface area (Å²) >= 11 is 7.50. The van der Waals surface area contributed by atoms with Gasteiger partial charge in [-0.15, -0.1) is 11.6 Å². The van der Waals surface area contributed by atoms with Gasteiger partial charge in [-0.2, -0.15) is 11.8 Å². The summed E-state index contributed by atoms with van der Waals surface area (Å²) in [5.74, 6) is 2.47. The molecule has 1 aromatic heterocycles. The second kappa shape index (κ2) is 4.77. The third kappa shape index (κ3) is 3.07. The van der Waals surface area contributed by atoms with Crippen LogP contribution in [0.3, 0.4) is 0 Å². The molecule has 0 fully saturated rings. The largest absolute Gasteiger partial charge is 0.344 e. The Bertz CT molecular complexity index is 235. The zero-order valence-electron chi connectivity index (χ0n) is 7.30. The van der Waals surface area contributed by atoms with Crippen molar-refractivity contribution in [1.82, 2.24) is 9.97 Å². The number of nitrogens with one attached hydrogen (secondary N) is 1. The van der Waals surface area contributed by atoms with Crippen LogP contribution in [0.15, 0.2) is 6.20 Å². The lowest BCUT2D eigenvalue weighted by molar-refractivity contribution is 1.07. The average Bonchev–Trinajstić information content (AvgIpc) is 2.48. The van der Waals surface area contributed by atoms with Gasteiger partial charge in [0.15, 0.2) is 0 Å². The number of halogens is 1. The minimum Gasteiger partial charge on any atom is -0.344 e. The van der Waals surface area contributed by atoms with Crippen molar-refractivity contribution in [2.24, 2.45) is 0 Å². The van der Waals surface area contributed by atoms with Crippen molar-refractivity contribution in [3.05, 3.63) is 17.7 Å². The van der Waals surface area contributed by atoms with Gasteiger partial charge in [0.25, 0.3) is 0 Å². The minimum absolute atomic E-state index is 0.513. The molecule has 0 amide bonds. The SMILES string of the molecule is CC(C)SCc1ncc(CCl)[nH]1. The maximum Gasteiger partial charge on any atom is 0.116 e. The first-order valence-electron chi connectivity index (χ1n) is 3.92. The molecule has 1 heterocycles. The van der Waals surface area contributed by atoms with Crippen LogP contribution < -0.4 is 0 Å². The summed E-state index contributed by atoms with van der Waals surface area (Å²) in [7, 11) is 0. The predicted octanol–water partition coefficient (Wildman–Crippen LogP) is 2.79. The van der Waals surface area contributed by atoms with E-state index in [1.807, 2.05) is 11.8 Å². The van der Waals surface area contributed by atoms with Gasteiger partial charge in [-0.25, -0.2) is 4.98 Å². The van der Waals surface area contributed by atoms with Crippen LogP contribution in [-0.4, -0.2) is 15.2 Å². The first-order valence-corrected chi connectivity index (χ1v) is 5.51. The molecule has 0 spiro atoms. The molecule has 0 aromatic carbocycles. The highest BCUT2D eigenvalue weighted by atomic mass is 35.5. The summed E-state index contributed by atoms with van der Waals surface area (Å²) in [5, 5.41) is 0.648. The normalized spacial score (nSPS) is 11.0. The molecule has 1 N–H and O–H groups in total. The summed E-state index contributed by atoms with van der Waals surface area (Å²) in [6, 6.07) is 0. The topological polar surface area (TPSA) is 28.7 Å². The number of alkyl halides is 1. The number of aromatic nitrogens is 2. The van der Waals surface area contributed by atoms with Gasteiger partial charge >= 0.3 is 0 Å². The third-order valence-electron chi connectivity index (χ3n) is 1.38. The van der Waals surface area contributed by atoms with Crippen LogP contribution in [0.5, 0.6) is 0 Å². The van der Waals surface area contributed by atoms with Crippen molar-refractivity contribution in [3.63, 3.8) is 0 Å². The summed E-state index contributed by atoms with van der Waals surface area (Å²) in [5.41, 5.74) is 0.996. The number of rotatable bonds is 4. The van der Waals surface area contributed by atoms with Crippen LogP contribution in [0.1, 0.15) is 25.4 Å². The Morgan fingerprint density at radius 1 is 1.67 bits per heavy atom. The maximum absolute atomic E-state index is 5.62. The van der Waals surface area contributed by atoms with Gasteiger partial charge in [0.2, 0.25) is 0 Å². The van der Waals surface area contributed by atoms with E-state index in [2.05, 4.69) is 23.8 Å². The lowest BCUT2D eigenvalue weighted by Gasteiger charge is -2.00. The molecule has 0 saturated carbocycles. The van der Waals surface area contributed by atoms with Crippen molar-refractivity contribution in [2.75, 3.05) is 0 Å². The number of nitrogens with zero attached hydrogens (tertiary/aromatic N) is 1. The van der Waals surface area contributed by atoms with Crippen LogP contribution >= 0.6 is 23.4 Å². The van der Waals surface area contributed by atoms with Crippen molar-refractivity contribution in [2.45, 2.75) is 30.7 Å². The highest BCUT2D eigenvalue weighted by Gasteiger charge is 2.00. The first kappa shape index (κ1) is 9.93. The van der Waals surface area contributed by atoms with E-state index >= 15 is 0 Å². The molecule has 1 aromatic rings. The maximum atomic E-state index is 5.62. The van der Waals surface area contributed by atoms with E-state index in [0.717, 1.165) is 17.3 Å². The fourth-order valence-corrected chi connectivity index (χ4v) is 1.57. The molecule has 0 atom stereocenters. The molecule has 4 heteroatoms. The summed E-state index contributed by atoms with van der Waals surface area (Å²) < 4.78 is 0. The van der Waals surface area contributed by atoms with Gasteiger partial charge in [0.1, 0.15) is 5.82 Å². The van der Waals surface area contributed by atoms with Gasteiger partial charge in [-0.1, -0.05) is 13.8 Å². The van der Waals surface area contributed by atoms with Crippen molar-refractivity contribution < 1.29 is 0 Å². The van der Waals surface area contributed by atoms with E-state index in [-0.39, 0.29) is 0 Å². The Labute approximate surface area is 82.1 Å². The number of imidazole rings is 1. The Hall–Kier alpha value is -0.150. The number of hydrogen-bond donors (Lipinski definition) is 1. The molecule has 2 nitrogen and oxygen atoms in total. The highest BCUT2D eigenvalue weighted by Crippen LogP contribution is 2.14. The first-order chi connectivity index (χ1) is 5.72. The fraction of sp³-hybridized carbons (Fsp3) is 0.625.